The van der Waals surface area contributed by atoms with Crippen molar-refractivity contribution < 1.29 is 4.39 Å². The molecule has 0 amide bonds. The Hall–Kier alpha value is 0.0700. The van der Waals surface area contributed by atoms with Gasteiger partial charge in [-0.15, -0.1) is 11.3 Å². The Morgan fingerprint density at radius 3 is 2.43 bits per heavy atom. The molecule has 1 aromatic heterocycles. The highest BCUT2D eigenvalue weighted by atomic mass is 79.9. The topological polar surface area (TPSA) is 12.0 Å². The van der Waals surface area contributed by atoms with Gasteiger partial charge in [0.2, 0.25) is 0 Å². The van der Waals surface area contributed by atoms with Gasteiger partial charge in [-0.05, 0) is 55.4 Å². The summed E-state index contributed by atoms with van der Waals surface area (Å²) in [5.74, 6) is 0. The lowest BCUT2D eigenvalue weighted by Crippen LogP contribution is -2.33. The molecular weight excluding hydrogens is 265 g/mol. The van der Waals surface area contributed by atoms with Gasteiger partial charge in [0, 0.05) is 4.88 Å². The van der Waals surface area contributed by atoms with Crippen LogP contribution in [0.2, 0.25) is 0 Å². The van der Waals surface area contributed by atoms with Crippen LogP contribution in [0.4, 0.5) is 4.39 Å². The van der Waals surface area contributed by atoms with Crippen LogP contribution in [0.25, 0.3) is 0 Å². The standard InChI is InChI=1S/C10H15BrFNS/c1-6-5-7(14-9(6)11)8(13-4)10(2,3)12/h5,8,13H,1-4H3. The fourth-order valence-corrected chi connectivity index (χ4v) is 3.30. The van der Waals surface area contributed by atoms with Gasteiger partial charge in [-0.3, -0.25) is 0 Å². The highest BCUT2D eigenvalue weighted by molar-refractivity contribution is 9.11. The van der Waals surface area contributed by atoms with Gasteiger partial charge in [-0.25, -0.2) is 4.39 Å². The molecule has 0 saturated carbocycles. The highest BCUT2D eigenvalue weighted by Crippen LogP contribution is 2.37. The van der Waals surface area contributed by atoms with E-state index in [1.165, 1.54) is 0 Å². The molecular formula is C10H15BrFNS. The van der Waals surface area contributed by atoms with Crippen molar-refractivity contribution in [2.24, 2.45) is 0 Å². The van der Waals surface area contributed by atoms with Crippen molar-refractivity contribution in [2.45, 2.75) is 32.5 Å². The lowest BCUT2D eigenvalue weighted by Gasteiger charge is -2.25. The predicted molar refractivity (Wildman–Crippen MR) is 63.7 cm³/mol. The molecule has 1 heterocycles. The summed E-state index contributed by atoms with van der Waals surface area (Å²) in [4.78, 5) is 1.03. The van der Waals surface area contributed by atoms with Crippen LogP contribution in [0.1, 0.15) is 30.3 Å². The largest absolute Gasteiger partial charge is 0.310 e. The molecule has 0 fully saturated rings. The summed E-state index contributed by atoms with van der Waals surface area (Å²) >= 11 is 5.04. The second-order valence-electron chi connectivity index (χ2n) is 3.89. The molecule has 0 aromatic carbocycles. The lowest BCUT2D eigenvalue weighted by molar-refractivity contribution is 0.157. The van der Waals surface area contributed by atoms with Gasteiger partial charge in [-0.2, -0.15) is 0 Å². The van der Waals surface area contributed by atoms with E-state index in [-0.39, 0.29) is 6.04 Å². The van der Waals surface area contributed by atoms with Crippen molar-refractivity contribution in [1.29, 1.82) is 0 Å². The van der Waals surface area contributed by atoms with Gasteiger partial charge in [0.25, 0.3) is 0 Å². The molecule has 1 unspecified atom stereocenters. The molecule has 1 N–H and O–H groups in total. The third-order valence-electron chi connectivity index (χ3n) is 2.14. The number of rotatable bonds is 3. The fourth-order valence-electron chi connectivity index (χ4n) is 1.45. The molecule has 0 bridgehead atoms. The van der Waals surface area contributed by atoms with E-state index in [9.17, 15) is 4.39 Å². The second-order valence-corrected chi connectivity index (χ2v) is 6.29. The number of nitrogens with one attached hydrogen (secondary N) is 1. The first-order chi connectivity index (χ1) is 6.36. The van der Waals surface area contributed by atoms with Crippen LogP contribution in [-0.4, -0.2) is 12.7 Å². The van der Waals surface area contributed by atoms with E-state index in [4.69, 9.17) is 0 Å². The van der Waals surface area contributed by atoms with E-state index in [2.05, 4.69) is 21.2 Å². The molecule has 1 atom stereocenters. The molecule has 0 aliphatic carbocycles. The second kappa shape index (κ2) is 4.29. The summed E-state index contributed by atoms with van der Waals surface area (Å²) in [6, 6.07) is 1.79. The minimum atomic E-state index is -1.24. The minimum Gasteiger partial charge on any atom is -0.310 e. The highest BCUT2D eigenvalue weighted by Gasteiger charge is 2.30. The van der Waals surface area contributed by atoms with E-state index in [1.807, 2.05) is 13.0 Å². The summed E-state index contributed by atoms with van der Waals surface area (Å²) in [5, 5.41) is 3.01. The predicted octanol–water partition coefficient (Wildman–Crippen LogP) is 3.83. The number of thiophene rings is 1. The quantitative estimate of drug-likeness (QED) is 0.887. The lowest BCUT2D eigenvalue weighted by atomic mass is 9.99. The van der Waals surface area contributed by atoms with Gasteiger partial charge < -0.3 is 5.32 Å². The van der Waals surface area contributed by atoms with Crippen molar-refractivity contribution in [1.82, 2.24) is 5.32 Å². The first-order valence-corrected chi connectivity index (χ1v) is 6.09. The molecule has 0 saturated heterocycles. The van der Waals surface area contributed by atoms with Gasteiger partial charge >= 0.3 is 0 Å². The molecule has 80 valence electrons. The first kappa shape index (κ1) is 12.1. The Kier molecular flexibility index (Phi) is 3.72. The van der Waals surface area contributed by atoms with Crippen molar-refractivity contribution in [3.63, 3.8) is 0 Å². The Morgan fingerprint density at radius 1 is 1.57 bits per heavy atom. The van der Waals surface area contributed by atoms with Crippen molar-refractivity contribution >= 4 is 27.3 Å². The normalized spacial score (nSPS) is 14.4. The van der Waals surface area contributed by atoms with Gasteiger partial charge in [0.1, 0.15) is 5.67 Å². The van der Waals surface area contributed by atoms with Crippen LogP contribution in [0, 0.1) is 6.92 Å². The summed E-state index contributed by atoms with van der Waals surface area (Å²) in [6.07, 6.45) is 0. The first-order valence-electron chi connectivity index (χ1n) is 4.48. The smallest absolute Gasteiger partial charge is 0.125 e. The average molecular weight is 280 g/mol. The Morgan fingerprint density at radius 2 is 2.14 bits per heavy atom. The Bertz CT molecular complexity index is 297. The molecule has 4 heteroatoms. The molecule has 0 aliphatic heterocycles. The SMILES string of the molecule is CNC(c1cc(C)c(Br)s1)C(C)(C)F. The number of alkyl halides is 1. The van der Waals surface area contributed by atoms with E-state index in [1.54, 1.807) is 32.2 Å². The van der Waals surface area contributed by atoms with Crippen LogP contribution >= 0.6 is 27.3 Å². The minimum absolute atomic E-state index is 0.238. The van der Waals surface area contributed by atoms with Crippen molar-refractivity contribution in [3.05, 3.63) is 20.3 Å². The number of hydrogen-bond donors (Lipinski definition) is 1. The van der Waals surface area contributed by atoms with E-state index < -0.39 is 5.67 Å². The molecule has 0 spiro atoms. The number of hydrogen-bond acceptors (Lipinski definition) is 2. The molecule has 1 nitrogen and oxygen atoms in total. The van der Waals surface area contributed by atoms with Gasteiger partial charge in [0.05, 0.1) is 9.83 Å². The summed E-state index contributed by atoms with van der Waals surface area (Å²) in [6.45, 7) is 5.20. The third-order valence-corrected chi connectivity index (χ3v) is 4.34. The summed E-state index contributed by atoms with van der Waals surface area (Å²) < 4.78 is 14.9. The zero-order valence-corrected chi connectivity index (χ0v) is 11.2. The van der Waals surface area contributed by atoms with E-state index >= 15 is 0 Å². The van der Waals surface area contributed by atoms with E-state index in [0.29, 0.717) is 0 Å². The summed E-state index contributed by atoms with van der Waals surface area (Å²) in [5.41, 5.74) is -0.0830. The fraction of sp³-hybridized carbons (Fsp3) is 0.600. The van der Waals surface area contributed by atoms with Crippen LogP contribution < -0.4 is 5.32 Å². The average Bonchev–Trinajstić information content (AvgIpc) is 2.30. The molecule has 1 aromatic rings. The maximum atomic E-state index is 13.8. The van der Waals surface area contributed by atoms with E-state index in [0.717, 1.165) is 14.2 Å². The zero-order valence-electron chi connectivity index (χ0n) is 8.82. The zero-order chi connectivity index (χ0) is 10.9. The van der Waals surface area contributed by atoms with Crippen molar-refractivity contribution in [2.75, 3.05) is 7.05 Å². The van der Waals surface area contributed by atoms with Gasteiger partial charge in [-0.1, -0.05) is 0 Å². The van der Waals surface area contributed by atoms with Crippen molar-refractivity contribution in [3.8, 4) is 0 Å². The number of halogens is 2. The summed E-state index contributed by atoms with van der Waals surface area (Å²) in [7, 11) is 1.79. The third kappa shape index (κ3) is 2.55. The van der Waals surface area contributed by atoms with Crippen LogP contribution in [0.5, 0.6) is 0 Å². The molecule has 0 aliphatic rings. The maximum Gasteiger partial charge on any atom is 0.125 e. The maximum absolute atomic E-state index is 13.8. The molecule has 14 heavy (non-hydrogen) atoms. The Balaban J connectivity index is 3.01. The molecule has 0 radical (unpaired) electrons. The van der Waals surface area contributed by atoms with Crippen LogP contribution in [0.3, 0.4) is 0 Å². The molecule has 1 rings (SSSR count). The monoisotopic (exact) mass is 279 g/mol. The number of aryl methyl sites for hydroxylation is 1. The van der Waals surface area contributed by atoms with Crippen LogP contribution in [0.15, 0.2) is 9.85 Å². The van der Waals surface area contributed by atoms with Gasteiger partial charge in [0.15, 0.2) is 0 Å². The Labute approximate surface area is 96.8 Å². The van der Waals surface area contributed by atoms with Crippen LogP contribution in [-0.2, 0) is 0 Å².